The van der Waals surface area contributed by atoms with Crippen LogP contribution in [0.25, 0.3) is 0 Å². The molecular formula is C34H51N3O. The van der Waals surface area contributed by atoms with E-state index in [1.165, 1.54) is 82.3 Å². The molecule has 0 N–H and O–H groups in total. The highest BCUT2D eigenvalue weighted by Crippen LogP contribution is 2.43. The standard InChI is InChI=1S/C24H30N2O.C10H21N/c1-3-26-15-20(18-10-11-24-23(14-18)25(2)16-27-24)13-21(26)12-19-6-4-5-7-22(19)17-8-9-17;1-4-7-9-11(6-3)10-8-5-2/h4-7,10-11,14,17,20-21H,3,8-9,12-13,15-16H2,1-2H3;6H,3-5,7-10H2,1-2H3. The van der Waals surface area contributed by atoms with Crippen LogP contribution in [0.15, 0.2) is 55.2 Å². The van der Waals surface area contributed by atoms with Gasteiger partial charge < -0.3 is 14.5 Å². The van der Waals surface area contributed by atoms with Crippen LogP contribution in [0.3, 0.4) is 0 Å². The zero-order valence-electron chi connectivity index (χ0n) is 24.5. The molecule has 38 heavy (non-hydrogen) atoms. The van der Waals surface area contributed by atoms with Crippen LogP contribution in [0, 0.1) is 0 Å². The van der Waals surface area contributed by atoms with Gasteiger partial charge in [0.05, 0.1) is 5.69 Å². The SMILES string of the molecule is C=CN(CCCC)CCCC.CCN1CC(c2ccc3c(c2)N(C)CO3)CC1Cc1ccccc1C1CC1. The van der Waals surface area contributed by atoms with Crippen LogP contribution in [-0.2, 0) is 6.42 Å². The van der Waals surface area contributed by atoms with Gasteiger partial charge >= 0.3 is 0 Å². The van der Waals surface area contributed by atoms with Crippen molar-refractivity contribution in [2.24, 2.45) is 0 Å². The summed E-state index contributed by atoms with van der Waals surface area (Å²) in [5.74, 6) is 2.49. The lowest BCUT2D eigenvalue weighted by Gasteiger charge is -2.23. The number of benzene rings is 2. The molecule has 3 aliphatic rings. The van der Waals surface area contributed by atoms with E-state index in [4.69, 9.17) is 4.74 Å². The molecular weight excluding hydrogens is 466 g/mol. The summed E-state index contributed by atoms with van der Waals surface area (Å²) in [5.41, 5.74) is 5.93. The van der Waals surface area contributed by atoms with Crippen LogP contribution >= 0.6 is 0 Å². The Morgan fingerprint density at radius 1 is 1.00 bits per heavy atom. The second kappa shape index (κ2) is 14.1. The van der Waals surface area contributed by atoms with Gasteiger partial charge in [0, 0.05) is 32.7 Å². The van der Waals surface area contributed by atoms with E-state index in [2.05, 4.69) is 91.6 Å². The number of likely N-dealkylation sites (N-methyl/N-ethyl adjacent to an activating group) is 1. The quantitative estimate of drug-likeness (QED) is 0.286. The lowest BCUT2D eigenvalue weighted by Crippen LogP contribution is -2.31. The summed E-state index contributed by atoms with van der Waals surface area (Å²) in [6.07, 6.45) is 12.3. The molecule has 1 saturated carbocycles. The first-order chi connectivity index (χ1) is 18.6. The largest absolute Gasteiger partial charge is 0.471 e. The zero-order valence-corrected chi connectivity index (χ0v) is 24.5. The van der Waals surface area contributed by atoms with Crippen LogP contribution < -0.4 is 9.64 Å². The molecule has 2 unspecified atom stereocenters. The van der Waals surface area contributed by atoms with Crippen molar-refractivity contribution in [3.05, 3.63) is 71.9 Å². The Bertz CT molecular complexity index is 1010. The average molecular weight is 518 g/mol. The van der Waals surface area contributed by atoms with Crippen LogP contribution in [0.1, 0.15) is 94.2 Å². The molecule has 0 radical (unpaired) electrons. The van der Waals surface area contributed by atoms with Crippen LogP contribution in [0.5, 0.6) is 5.75 Å². The molecule has 1 saturated heterocycles. The second-order valence-electron chi connectivity index (χ2n) is 11.5. The third kappa shape index (κ3) is 7.34. The molecule has 2 aliphatic heterocycles. The highest BCUT2D eigenvalue weighted by atomic mass is 16.5. The number of fused-ring (bicyclic) bond motifs is 1. The van der Waals surface area contributed by atoms with E-state index >= 15 is 0 Å². The maximum Gasteiger partial charge on any atom is 0.161 e. The fraction of sp³-hybridized carbons (Fsp3) is 0.588. The third-order valence-electron chi connectivity index (χ3n) is 8.60. The predicted molar refractivity (Wildman–Crippen MR) is 162 cm³/mol. The van der Waals surface area contributed by atoms with Gasteiger partial charge in [-0.3, -0.25) is 4.90 Å². The summed E-state index contributed by atoms with van der Waals surface area (Å²) < 4.78 is 5.73. The lowest BCUT2D eigenvalue weighted by molar-refractivity contribution is 0.264. The Labute approximate surface area is 232 Å². The van der Waals surface area contributed by atoms with Gasteiger partial charge in [-0.1, -0.05) is 70.5 Å². The van der Waals surface area contributed by atoms with Gasteiger partial charge in [-0.15, -0.1) is 0 Å². The number of ether oxygens (including phenoxy) is 1. The highest BCUT2D eigenvalue weighted by molar-refractivity contribution is 5.62. The fourth-order valence-corrected chi connectivity index (χ4v) is 6.05. The smallest absolute Gasteiger partial charge is 0.161 e. The van der Waals surface area contributed by atoms with Gasteiger partial charge in [0.15, 0.2) is 6.73 Å². The van der Waals surface area contributed by atoms with Crippen molar-refractivity contribution in [2.75, 3.05) is 44.9 Å². The summed E-state index contributed by atoms with van der Waals surface area (Å²) in [5, 5.41) is 0. The van der Waals surface area contributed by atoms with Gasteiger partial charge in [-0.25, -0.2) is 0 Å². The maximum absolute atomic E-state index is 5.73. The third-order valence-corrected chi connectivity index (χ3v) is 8.60. The molecule has 208 valence electrons. The van der Waals surface area contributed by atoms with E-state index in [0.717, 1.165) is 18.2 Å². The molecule has 4 heteroatoms. The minimum atomic E-state index is 0.627. The number of nitrogens with zero attached hydrogens (tertiary/aromatic N) is 3. The van der Waals surface area contributed by atoms with Crippen molar-refractivity contribution >= 4 is 5.69 Å². The van der Waals surface area contributed by atoms with Crippen LogP contribution in [-0.4, -0.2) is 55.8 Å². The van der Waals surface area contributed by atoms with E-state index in [-0.39, 0.29) is 0 Å². The van der Waals surface area contributed by atoms with Crippen molar-refractivity contribution in [3.8, 4) is 5.75 Å². The molecule has 0 bridgehead atoms. The Balaban J connectivity index is 0.000000261. The molecule has 5 rings (SSSR count). The molecule has 2 heterocycles. The predicted octanol–water partition coefficient (Wildman–Crippen LogP) is 7.80. The Morgan fingerprint density at radius 3 is 2.39 bits per heavy atom. The number of rotatable bonds is 12. The average Bonchev–Trinajstić information content (AvgIpc) is 3.62. The minimum Gasteiger partial charge on any atom is -0.471 e. The first-order valence-electron chi connectivity index (χ1n) is 15.2. The molecule has 2 aromatic carbocycles. The Hall–Kier alpha value is -2.46. The second-order valence-corrected chi connectivity index (χ2v) is 11.5. The molecule has 1 aliphatic carbocycles. The van der Waals surface area contributed by atoms with E-state index in [1.54, 1.807) is 11.1 Å². The van der Waals surface area contributed by atoms with Gasteiger partial charge in [0.1, 0.15) is 5.75 Å². The van der Waals surface area contributed by atoms with Gasteiger partial charge in [0.25, 0.3) is 0 Å². The molecule has 4 nitrogen and oxygen atoms in total. The van der Waals surface area contributed by atoms with E-state index < -0.39 is 0 Å². The van der Waals surface area contributed by atoms with Crippen molar-refractivity contribution in [1.82, 2.24) is 9.80 Å². The molecule has 2 atom stereocenters. The summed E-state index contributed by atoms with van der Waals surface area (Å²) in [6.45, 7) is 15.9. The van der Waals surface area contributed by atoms with Crippen molar-refractivity contribution in [1.29, 1.82) is 0 Å². The van der Waals surface area contributed by atoms with E-state index in [0.29, 0.717) is 18.7 Å². The molecule has 0 aromatic heterocycles. The fourth-order valence-electron chi connectivity index (χ4n) is 6.05. The van der Waals surface area contributed by atoms with E-state index in [1.807, 2.05) is 6.20 Å². The molecule has 0 spiro atoms. The molecule has 2 aromatic rings. The van der Waals surface area contributed by atoms with Crippen LogP contribution in [0.2, 0.25) is 0 Å². The first kappa shape index (κ1) is 28.5. The summed E-state index contributed by atoms with van der Waals surface area (Å²) in [7, 11) is 2.11. The summed E-state index contributed by atoms with van der Waals surface area (Å²) in [4.78, 5) is 7.21. The van der Waals surface area contributed by atoms with E-state index in [9.17, 15) is 0 Å². The number of unbranched alkanes of at least 4 members (excludes halogenated alkanes) is 2. The van der Waals surface area contributed by atoms with Gasteiger partial charge in [-0.2, -0.15) is 0 Å². The number of hydrogen-bond acceptors (Lipinski definition) is 4. The maximum atomic E-state index is 5.73. The topological polar surface area (TPSA) is 19.0 Å². The number of likely N-dealkylation sites (tertiary alicyclic amines) is 1. The van der Waals surface area contributed by atoms with Crippen LogP contribution in [0.4, 0.5) is 5.69 Å². The highest BCUT2D eigenvalue weighted by Gasteiger charge is 2.34. The first-order valence-corrected chi connectivity index (χ1v) is 15.2. The van der Waals surface area contributed by atoms with Crippen molar-refractivity contribution < 1.29 is 4.74 Å². The summed E-state index contributed by atoms with van der Waals surface area (Å²) in [6, 6.07) is 16.7. The minimum absolute atomic E-state index is 0.627. The molecule has 0 amide bonds. The Morgan fingerprint density at radius 2 is 1.74 bits per heavy atom. The van der Waals surface area contributed by atoms with Crippen molar-refractivity contribution in [3.63, 3.8) is 0 Å². The van der Waals surface area contributed by atoms with Crippen molar-refractivity contribution in [2.45, 2.75) is 90.0 Å². The van der Waals surface area contributed by atoms with Gasteiger partial charge in [-0.05, 0) is 91.9 Å². The monoisotopic (exact) mass is 517 g/mol. The lowest BCUT2D eigenvalue weighted by atomic mass is 9.91. The molecule has 2 fully saturated rings. The number of anilines is 1. The summed E-state index contributed by atoms with van der Waals surface area (Å²) >= 11 is 0. The van der Waals surface area contributed by atoms with Gasteiger partial charge in [0.2, 0.25) is 0 Å². The Kier molecular flexibility index (Phi) is 10.6. The number of hydrogen-bond donors (Lipinski definition) is 0. The normalized spacial score (nSPS) is 20.5. The zero-order chi connectivity index (χ0) is 26.9.